The zero-order chi connectivity index (χ0) is 17.2. The molecule has 3 N–H and O–H groups in total. The Morgan fingerprint density at radius 1 is 1.20 bits per heavy atom. The molecule has 0 amide bonds. The second kappa shape index (κ2) is 6.72. The van der Waals surface area contributed by atoms with Crippen LogP contribution in [0.4, 0.5) is 5.95 Å². The molecule has 4 rings (SSSR count). The number of rotatable bonds is 3. The summed E-state index contributed by atoms with van der Waals surface area (Å²) in [5.74, 6) is 0.926. The van der Waals surface area contributed by atoms with Crippen molar-refractivity contribution in [2.24, 2.45) is 4.99 Å². The van der Waals surface area contributed by atoms with Gasteiger partial charge in [-0.1, -0.05) is 0 Å². The van der Waals surface area contributed by atoms with E-state index in [1.54, 1.807) is 12.4 Å². The van der Waals surface area contributed by atoms with Crippen LogP contribution in [0.25, 0.3) is 0 Å². The van der Waals surface area contributed by atoms with Crippen molar-refractivity contribution in [1.82, 2.24) is 24.8 Å². The van der Waals surface area contributed by atoms with E-state index in [0.29, 0.717) is 18.9 Å². The van der Waals surface area contributed by atoms with E-state index in [9.17, 15) is 4.79 Å². The minimum Gasteiger partial charge on any atom is -0.368 e. The summed E-state index contributed by atoms with van der Waals surface area (Å²) >= 11 is 0. The number of anilines is 1. The van der Waals surface area contributed by atoms with Crippen LogP contribution in [0.5, 0.6) is 0 Å². The first-order valence-corrected chi connectivity index (χ1v) is 8.63. The summed E-state index contributed by atoms with van der Waals surface area (Å²) in [5.41, 5.74) is 9.04. The topological polar surface area (TPSA) is 113 Å². The van der Waals surface area contributed by atoms with E-state index in [1.807, 2.05) is 0 Å². The molecular weight excluding hydrogens is 318 g/mol. The normalized spacial score (nSPS) is 17.8. The molecule has 2 aromatic rings. The summed E-state index contributed by atoms with van der Waals surface area (Å²) < 4.78 is 0. The van der Waals surface area contributed by atoms with Crippen molar-refractivity contribution in [1.29, 1.82) is 0 Å². The third kappa shape index (κ3) is 3.43. The van der Waals surface area contributed by atoms with E-state index < -0.39 is 0 Å². The summed E-state index contributed by atoms with van der Waals surface area (Å²) in [7, 11) is 0. The Bertz CT molecular complexity index is 856. The number of hydrogen-bond donors (Lipinski definition) is 2. The molecule has 25 heavy (non-hydrogen) atoms. The van der Waals surface area contributed by atoms with Crippen molar-refractivity contribution in [3.63, 3.8) is 0 Å². The van der Waals surface area contributed by atoms with Gasteiger partial charge in [0, 0.05) is 50.6 Å². The molecule has 0 fully saturated rings. The molecule has 0 aromatic carbocycles. The van der Waals surface area contributed by atoms with E-state index in [2.05, 4.69) is 24.8 Å². The molecule has 4 heterocycles. The fourth-order valence-electron chi connectivity index (χ4n) is 3.35. The van der Waals surface area contributed by atoms with Gasteiger partial charge in [0.05, 0.1) is 17.0 Å². The van der Waals surface area contributed by atoms with Gasteiger partial charge in [0.15, 0.2) is 5.82 Å². The molecule has 2 aliphatic heterocycles. The fourth-order valence-corrected chi connectivity index (χ4v) is 3.35. The second-order valence-electron chi connectivity index (χ2n) is 6.54. The minimum atomic E-state index is -0.0495. The fraction of sp³-hybridized carbons (Fsp3) is 0.471. The average molecular weight is 339 g/mol. The minimum absolute atomic E-state index is 0.0495. The molecule has 0 radical (unpaired) electrons. The zero-order valence-corrected chi connectivity index (χ0v) is 14.0. The molecule has 0 saturated carbocycles. The van der Waals surface area contributed by atoms with E-state index in [4.69, 9.17) is 10.7 Å². The molecule has 0 bridgehead atoms. The van der Waals surface area contributed by atoms with Crippen LogP contribution < -0.4 is 11.3 Å². The number of nitrogen functional groups attached to an aromatic ring is 1. The molecule has 0 aliphatic carbocycles. The smallest absolute Gasteiger partial charge is 0.255 e. The van der Waals surface area contributed by atoms with Crippen molar-refractivity contribution < 1.29 is 0 Å². The third-order valence-electron chi connectivity index (χ3n) is 4.68. The van der Waals surface area contributed by atoms with Gasteiger partial charge in [0.1, 0.15) is 0 Å². The van der Waals surface area contributed by atoms with Crippen LogP contribution in [0.1, 0.15) is 41.9 Å². The highest BCUT2D eigenvalue weighted by Crippen LogP contribution is 2.17. The maximum atomic E-state index is 12.6. The maximum absolute atomic E-state index is 12.6. The van der Waals surface area contributed by atoms with Crippen LogP contribution in [0, 0.1) is 0 Å². The highest BCUT2D eigenvalue weighted by molar-refractivity contribution is 5.97. The third-order valence-corrected chi connectivity index (χ3v) is 4.68. The first-order chi connectivity index (χ1) is 12.2. The van der Waals surface area contributed by atoms with Gasteiger partial charge in [-0.3, -0.25) is 14.7 Å². The number of nitrogens with zero attached hydrogens (tertiary/aromatic N) is 5. The number of nitrogens with two attached hydrogens (primary N) is 1. The lowest BCUT2D eigenvalue weighted by molar-refractivity contribution is 0.241. The standard InChI is InChI=1S/C17H21N7O/c18-17-20-7-11(8-21-17)9-24-6-4-13-12(10-24)16(25)23-15(22-13)14-3-1-2-5-19-14/h7-8H,1-6,9-10H2,(H2,18,20,21)(H,22,23,25). The lowest BCUT2D eigenvalue weighted by Crippen LogP contribution is -2.36. The summed E-state index contributed by atoms with van der Waals surface area (Å²) in [5, 5.41) is 0. The molecule has 0 unspecified atom stereocenters. The predicted molar refractivity (Wildman–Crippen MR) is 94.4 cm³/mol. The summed E-state index contributed by atoms with van der Waals surface area (Å²) in [6, 6.07) is 0. The van der Waals surface area contributed by atoms with Crippen LogP contribution in [0.15, 0.2) is 22.2 Å². The molecule has 0 atom stereocenters. The lowest BCUT2D eigenvalue weighted by atomic mass is 10.0. The van der Waals surface area contributed by atoms with Crippen molar-refractivity contribution in [3.05, 3.63) is 45.4 Å². The van der Waals surface area contributed by atoms with Crippen LogP contribution in [-0.4, -0.2) is 43.6 Å². The molecule has 8 heteroatoms. The average Bonchev–Trinajstić information content (AvgIpc) is 2.65. The van der Waals surface area contributed by atoms with Gasteiger partial charge in [-0.05, 0) is 19.3 Å². The Hall–Kier alpha value is -2.61. The van der Waals surface area contributed by atoms with E-state index in [1.165, 1.54) is 0 Å². The van der Waals surface area contributed by atoms with Crippen molar-refractivity contribution >= 4 is 11.7 Å². The quantitative estimate of drug-likeness (QED) is 0.850. The highest BCUT2D eigenvalue weighted by atomic mass is 16.1. The largest absolute Gasteiger partial charge is 0.368 e. The Morgan fingerprint density at radius 2 is 2.04 bits per heavy atom. The number of aromatic nitrogens is 4. The molecule has 8 nitrogen and oxygen atoms in total. The number of fused-ring (bicyclic) bond motifs is 1. The number of aromatic amines is 1. The second-order valence-corrected chi connectivity index (χ2v) is 6.54. The zero-order valence-electron chi connectivity index (χ0n) is 14.0. The van der Waals surface area contributed by atoms with Gasteiger partial charge >= 0.3 is 0 Å². The van der Waals surface area contributed by atoms with E-state index >= 15 is 0 Å². The lowest BCUT2D eigenvalue weighted by Gasteiger charge is -2.27. The predicted octanol–water partition coefficient (Wildman–Crippen LogP) is 0.673. The van der Waals surface area contributed by atoms with Crippen molar-refractivity contribution in [2.45, 2.75) is 38.8 Å². The molecule has 2 aromatic heterocycles. The van der Waals surface area contributed by atoms with Crippen molar-refractivity contribution in [3.8, 4) is 0 Å². The van der Waals surface area contributed by atoms with Gasteiger partial charge in [0.25, 0.3) is 5.56 Å². The van der Waals surface area contributed by atoms with E-state index in [0.717, 1.165) is 61.3 Å². The van der Waals surface area contributed by atoms with Gasteiger partial charge in [-0.25, -0.2) is 15.0 Å². The summed E-state index contributed by atoms with van der Waals surface area (Å²) in [6.07, 6.45) is 7.33. The molecule has 0 spiro atoms. The molecule has 130 valence electrons. The monoisotopic (exact) mass is 339 g/mol. The Kier molecular flexibility index (Phi) is 4.27. The number of H-pyrrole nitrogens is 1. The van der Waals surface area contributed by atoms with Gasteiger partial charge in [0.2, 0.25) is 5.95 Å². The molecule has 0 saturated heterocycles. The van der Waals surface area contributed by atoms with Crippen LogP contribution in [0.3, 0.4) is 0 Å². The number of hydrogen-bond acceptors (Lipinski definition) is 7. The number of aliphatic imine (C=N–C) groups is 1. The molecular formula is C17H21N7O. The SMILES string of the molecule is Nc1ncc(CN2CCc3nc(C4=NCCCC4)[nH]c(=O)c3C2)cn1. The van der Waals surface area contributed by atoms with Gasteiger partial charge in [-0.2, -0.15) is 0 Å². The Morgan fingerprint density at radius 3 is 2.80 bits per heavy atom. The highest BCUT2D eigenvalue weighted by Gasteiger charge is 2.22. The van der Waals surface area contributed by atoms with Crippen LogP contribution in [-0.2, 0) is 19.5 Å². The first-order valence-electron chi connectivity index (χ1n) is 8.63. The Labute approximate surface area is 145 Å². The maximum Gasteiger partial charge on any atom is 0.255 e. The van der Waals surface area contributed by atoms with Crippen LogP contribution >= 0.6 is 0 Å². The first kappa shape index (κ1) is 15.9. The van der Waals surface area contributed by atoms with Gasteiger partial charge in [-0.15, -0.1) is 0 Å². The summed E-state index contributed by atoms with van der Waals surface area (Å²) in [4.78, 5) is 34.9. The van der Waals surface area contributed by atoms with E-state index in [-0.39, 0.29) is 11.5 Å². The molecule has 2 aliphatic rings. The van der Waals surface area contributed by atoms with Crippen LogP contribution in [0.2, 0.25) is 0 Å². The van der Waals surface area contributed by atoms with Crippen molar-refractivity contribution in [2.75, 3.05) is 18.8 Å². The number of nitrogens with one attached hydrogen (secondary N) is 1. The Balaban J connectivity index is 1.54. The summed E-state index contributed by atoms with van der Waals surface area (Å²) in [6.45, 7) is 2.94. The van der Waals surface area contributed by atoms with Gasteiger partial charge < -0.3 is 10.7 Å².